The van der Waals surface area contributed by atoms with Crippen LogP contribution in [0.3, 0.4) is 0 Å². The molecule has 0 radical (unpaired) electrons. The number of aliphatic hydroxyl groups is 1. The van der Waals surface area contributed by atoms with Gasteiger partial charge in [-0.3, -0.25) is 0 Å². The van der Waals surface area contributed by atoms with Crippen molar-refractivity contribution in [2.45, 2.75) is 44.5 Å². The van der Waals surface area contributed by atoms with E-state index >= 15 is 0 Å². The molecule has 2 bridgehead atoms. The normalized spacial score (nSPS) is 29.3. The summed E-state index contributed by atoms with van der Waals surface area (Å²) >= 11 is 0. The summed E-state index contributed by atoms with van der Waals surface area (Å²) in [7, 11) is -3.52. The summed E-state index contributed by atoms with van der Waals surface area (Å²) in [4.78, 5) is 0. The summed E-state index contributed by atoms with van der Waals surface area (Å²) < 4.78 is 27.6. The third kappa shape index (κ3) is 2.85. The highest BCUT2D eigenvalue weighted by molar-refractivity contribution is 7.91. The molecule has 1 N–H and O–H groups in total. The van der Waals surface area contributed by atoms with Gasteiger partial charge in [0, 0.05) is 5.41 Å². The fraction of sp³-hybridized carbons (Fsp3) is 0.478. The summed E-state index contributed by atoms with van der Waals surface area (Å²) in [5.74, 6) is 0.452. The maximum absolute atomic E-state index is 13.8. The molecule has 2 aliphatic carbocycles. The smallest absolute Gasteiger partial charge is 0.162 e. The molecule has 0 aromatic heterocycles. The highest BCUT2D eigenvalue weighted by atomic mass is 32.2. The van der Waals surface area contributed by atoms with Crippen LogP contribution < -0.4 is 0 Å². The van der Waals surface area contributed by atoms with Gasteiger partial charge in [0.25, 0.3) is 0 Å². The van der Waals surface area contributed by atoms with E-state index in [2.05, 4.69) is 13.8 Å². The number of fused-ring (bicyclic) bond motifs is 2. The summed E-state index contributed by atoms with van der Waals surface area (Å²) in [6, 6.07) is 18.9. The number of aliphatic hydroxyl groups excluding tert-OH is 1. The van der Waals surface area contributed by atoms with Crippen LogP contribution in [0.4, 0.5) is 0 Å². The van der Waals surface area contributed by atoms with Gasteiger partial charge in [-0.25, -0.2) is 8.42 Å². The molecule has 2 saturated carbocycles. The van der Waals surface area contributed by atoms with Gasteiger partial charge in [-0.05, 0) is 41.7 Å². The largest absolute Gasteiger partial charge is 0.392 e. The topological polar surface area (TPSA) is 54.4 Å². The average Bonchev–Trinajstić information content (AvgIpc) is 2.97. The minimum Gasteiger partial charge on any atom is -0.392 e. The molecule has 2 aromatic carbocycles. The number of hydrogen-bond donors (Lipinski definition) is 1. The van der Waals surface area contributed by atoms with Gasteiger partial charge in [0.05, 0.1) is 11.9 Å². The molecule has 2 fully saturated rings. The molecule has 144 valence electrons. The number of hydrogen-bond acceptors (Lipinski definition) is 3. The summed E-state index contributed by atoms with van der Waals surface area (Å²) in [6.45, 7) is 4.30. The quantitative estimate of drug-likeness (QED) is 0.832. The standard InChI is InChI=1S/C23H28O3S/c1-22(2)19-13-14-23(22,20(24)15-19)16-27(25,26)21(17-9-5-3-6-10-17)18-11-7-4-8-12-18/h3-12,19-21,24H,13-16H2,1-2H3. The van der Waals surface area contributed by atoms with Crippen molar-refractivity contribution >= 4 is 9.84 Å². The number of sulfone groups is 1. The highest BCUT2D eigenvalue weighted by Crippen LogP contribution is 2.66. The third-order valence-corrected chi connectivity index (χ3v) is 9.59. The van der Waals surface area contributed by atoms with Crippen molar-refractivity contribution in [2.75, 3.05) is 5.75 Å². The van der Waals surface area contributed by atoms with E-state index in [0.29, 0.717) is 5.92 Å². The second kappa shape index (κ2) is 6.46. The van der Waals surface area contributed by atoms with Gasteiger partial charge >= 0.3 is 0 Å². The zero-order chi connectivity index (χ0) is 19.3. The second-order valence-corrected chi connectivity index (χ2v) is 11.0. The molecule has 0 amide bonds. The lowest BCUT2D eigenvalue weighted by atomic mass is 9.70. The zero-order valence-electron chi connectivity index (χ0n) is 16.0. The van der Waals surface area contributed by atoms with E-state index in [4.69, 9.17) is 0 Å². The maximum atomic E-state index is 13.8. The first-order valence-electron chi connectivity index (χ1n) is 9.77. The SMILES string of the molecule is CC1(C)C2CCC1(CS(=O)(=O)C(c1ccccc1)c1ccccc1)C(O)C2. The van der Waals surface area contributed by atoms with Gasteiger partial charge in [0.2, 0.25) is 0 Å². The van der Waals surface area contributed by atoms with Crippen molar-refractivity contribution in [2.24, 2.45) is 16.7 Å². The van der Waals surface area contributed by atoms with Crippen LogP contribution in [0.1, 0.15) is 49.5 Å². The van der Waals surface area contributed by atoms with E-state index in [1.54, 1.807) is 0 Å². The Kier molecular flexibility index (Phi) is 4.47. The van der Waals surface area contributed by atoms with Crippen LogP contribution in [-0.4, -0.2) is 25.4 Å². The van der Waals surface area contributed by atoms with E-state index in [-0.39, 0.29) is 11.2 Å². The Morgan fingerprint density at radius 1 is 1.00 bits per heavy atom. The Bertz CT molecular complexity index is 866. The van der Waals surface area contributed by atoms with Crippen LogP contribution >= 0.6 is 0 Å². The second-order valence-electron chi connectivity index (χ2n) is 8.87. The van der Waals surface area contributed by atoms with Gasteiger partial charge in [-0.15, -0.1) is 0 Å². The van der Waals surface area contributed by atoms with Crippen molar-refractivity contribution in [1.29, 1.82) is 0 Å². The first-order chi connectivity index (χ1) is 12.8. The lowest BCUT2D eigenvalue weighted by molar-refractivity contribution is 0.0152. The van der Waals surface area contributed by atoms with E-state index < -0.39 is 26.6 Å². The van der Waals surface area contributed by atoms with Crippen molar-refractivity contribution in [3.8, 4) is 0 Å². The van der Waals surface area contributed by atoms with Gasteiger partial charge in [-0.2, -0.15) is 0 Å². The minimum atomic E-state index is -3.52. The highest BCUT2D eigenvalue weighted by Gasteiger charge is 2.65. The molecule has 2 aliphatic rings. The monoisotopic (exact) mass is 384 g/mol. The average molecular weight is 385 g/mol. The molecular weight excluding hydrogens is 356 g/mol. The van der Waals surface area contributed by atoms with E-state index in [0.717, 1.165) is 30.4 Å². The molecule has 27 heavy (non-hydrogen) atoms. The molecular formula is C23H28O3S. The Hall–Kier alpha value is -1.65. The molecule has 0 spiro atoms. The molecule has 0 aliphatic heterocycles. The molecule has 3 atom stereocenters. The summed E-state index contributed by atoms with van der Waals surface area (Å²) in [5.41, 5.74) is 0.885. The minimum absolute atomic E-state index is 0.0408. The van der Waals surface area contributed by atoms with Gasteiger partial charge in [0.15, 0.2) is 9.84 Å². The summed E-state index contributed by atoms with van der Waals surface area (Å²) in [5, 5.41) is 10.1. The van der Waals surface area contributed by atoms with Crippen LogP contribution in [0.25, 0.3) is 0 Å². The molecule has 4 rings (SSSR count). The van der Waals surface area contributed by atoms with E-state index in [9.17, 15) is 13.5 Å². The van der Waals surface area contributed by atoms with Crippen LogP contribution in [0.15, 0.2) is 60.7 Å². The molecule has 3 nitrogen and oxygen atoms in total. The van der Waals surface area contributed by atoms with Gasteiger partial charge < -0.3 is 5.11 Å². The molecule has 4 heteroatoms. The van der Waals surface area contributed by atoms with E-state index in [1.165, 1.54) is 0 Å². The van der Waals surface area contributed by atoms with Crippen LogP contribution in [0.2, 0.25) is 0 Å². The van der Waals surface area contributed by atoms with Gasteiger partial charge in [0.1, 0.15) is 5.25 Å². The van der Waals surface area contributed by atoms with Gasteiger partial charge in [-0.1, -0.05) is 74.5 Å². The fourth-order valence-electron chi connectivity index (χ4n) is 5.68. The van der Waals surface area contributed by atoms with Crippen molar-refractivity contribution < 1.29 is 13.5 Å². The Labute approximate surface area is 162 Å². The zero-order valence-corrected chi connectivity index (χ0v) is 16.8. The first kappa shape index (κ1) is 18.7. The summed E-state index contributed by atoms with van der Waals surface area (Å²) in [6.07, 6.45) is 2.00. The third-order valence-electron chi connectivity index (χ3n) is 7.41. The Balaban J connectivity index is 1.78. The lowest BCUT2D eigenvalue weighted by Crippen LogP contribution is -2.45. The first-order valence-corrected chi connectivity index (χ1v) is 11.5. The van der Waals surface area contributed by atoms with Crippen LogP contribution in [0, 0.1) is 16.7 Å². The molecule has 3 unspecified atom stereocenters. The Morgan fingerprint density at radius 2 is 1.52 bits per heavy atom. The Morgan fingerprint density at radius 3 is 1.93 bits per heavy atom. The van der Waals surface area contributed by atoms with Crippen LogP contribution in [0.5, 0.6) is 0 Å². The number of rotatable bonds is 5. The van der Waals surface area contributed by atoms with Crippen molar-refractivity contribution in [3.05, 3.63) is 71.8 Å². The van der Waals surface area contributed by atoms with Crippen molar-refractivity contribution in [1.82, 2.24) is 0 Å². The van der Waals surface area contributed by atoms with E-state index in [1.807, 2.05) is 60.7 Å². The number of benzene rings is 2. The predicted octanol–water partition coefficient (Wildman–Crippen LogP) is 4.38. The maximum Gasteiger partial charge on any atom is 0.162 e. The predicted molar refractivity (Wildman–Crippen MR) is 108 cm³/mol. The fourth-order valence-corrected chi connectivity index (χ4v) is 8.42. The van der Waals surface area contributed by atoms with Crippen molar-refractivity contribution in [3.63, 3.8) is 0 Å². The molecule has 0 saturated heterocycles. The molecule has 0 heterocycles. The molecule has 2 aromatic rings. The lowest BCUT2D eigenvalue weighted by Gasteiger charge is -2.41. The van der Waals surface area contributed by atoms with Crippen LogP contribution in [-0.2, 0) is 9.84 Å².